The quantitative estimate of drug-likeness (QED) is 0.337. The molecular formula is C19H34N6OS. The highest BCUT2D eigenvalue weighted by molar-refractivity contribution is 7.11. The predicted octanol–water partition coefficient (Wildman–Crippen LogP) is 1.79. The Hall–Kier alpha value is -1.67. The van der Waals surface area contributed by atoms with Crippen LogP contribution in [0.1, 0.15) is 48.2 Å². The van der Waals surface area contributed by atoms with Crippen molar-refractivity contribution in [1.82, 2.24) is 20.5 Å². The number of carbonyl (C=O) groups is 1. The van der Waals surface area contributed by atoms with E-state index in [1.165, 1.54) is 4.88 Å². The number of piperidine rings is 1. The van der Waals surface area contributed by atoms with E-state index in [1.54, 1.807) is 11.3 Å². The van der Waals surface area contributed by atoms with E-state index in [2.05, 4.69) is 39.4 Å². The number of aliphatic imine (C=N–C) groups is 1. The molecule has 0 aromatic carbocycles. The number of carbonyl (C=O) groups excluding carboxylic acids is 1. The average Bonchev–Trinajstić information content (AvgIpc) is 2.97. The molecule has 2 heterocycles. The number of hydrogen-bond donors (Lipinski definition) is 3. The summed E-state index contributed by atoms with van der Waals surface area (Å²) in [6.07, 6.45) is 4.04. The maximum atomic E-state index is 11.2. The minimum atomic E-state index is -0.142. The molecule has 2 rings (SSSR count). The van der Waals surface area contributed by atoms with Gasteiger partial charge in [0, 0.05) is 23.9 Å². The van der Waals surface area contributed by atoms with Gasteiger partial charge in [-0.25, -0.2) is 9.98 Å². The number of thiazole rings is 1. The number of rotatable bonds is 9. The molecule has 1 amide bonds. The molecule has 7 nitrogen and oxygen atoms in total. The van der Waals surface area contributed by atoms with Gasteiger partial charge in [0.2, 0.25) is 5.91 Å². The molecule has 0 spiro atoms. The second kappa shape index (κ2) is 11.2. The third-order valence-corrected chi connectivity index (χ3v) is 6.03. The monoisotopic (exact) mass is 394 g/mol. The number of nitrogens with one attached hydrogen (secondary N) is 2. The number of aromatic nitrogens is 1. The van der Waals surface area contributed by atoms with Crippen LogP contribution in [0.4, 0.5) is 0 Å². The first-order valence-corrected chi connectivity index (χ1v) is 10.8. The van der Waals surface area contributed by atoms with Crippen molar-refractivity contribution < 1.29 is 4.79 Å². The fraction of sp³-hybridized carbons (Fsp3) is 0.737. The van der Waals surface area contributed by atoms with Crippen molar-refractivity contribution in [1.29, 1.82) is 0 Å². The van der Waals surface area contributed by atoms with Crippen LogP contribution in [-0.4, -0.2) is 54.5 Å². The van der Waals surface area contributed by atoms with Gasteiger partial charge in [-0.2, -0.15) is 0 Å². The molecule has 0 unspecified atom stereocenters. The Morgan fingerprint density at radius 3 is 2.63 bits per heavy atom. The molecule has 1 fully saturated rings. The zero-order chi connectivity index (χ0) is 19.6. The van der Waals surface area contributed by atoms with Crippen LogP contribution in [0.2, 0.25) is 0 Å². The van der Waals surface area contributed by atoms with Gasteiger partial charge in [-0.1, -0.05) is 0 Å². The Morgan fingerprint density at radius 2 is 2.04 bits per heavy atom. The number of nitrogens with zero attached hydrogens (tertiary/aromatic N) is 3. The van der Waals surface area contributed by atoms with Gasteiger partial charge in [0.15, 0.2) is 5.96 Å². The average molecular weight is 395 g/mol. The predicted molar refractivity (Wildman–Crippen MR) is 112 cm³/mol. The Kier molecular flexibility index (Phi) is 9.00. The van der Waals surface area contributed by atoms with Crippen LogP contribution in [0, 0.1) is 19.8 Å². The number of guanidine groups is 1. The van der Waals surface area contributed by atoms with E-state index < -0.39 is 0 Å². The van der Waals surface area contributed by atoms with E-state index in [0.29, 0.717) is 6.54 Å². The highest BCUT2D eigenvalue weighted by Crippen LogP contribution is 2.17. The zero-order valence-corrected chi connectivity index (χ0v) is 17.7. The Bertz CT molecular complexity index is 602. The maximum absolute atomic E-state index is 11.2. The largest absolute Gasteiger partial charge is 0.369 e. The van der Waals surface area contributed by atoms with E-state index in [-0.39, 0.29) is 11.8 Å². The van der Waals surface area contributed by atoms with Crippen LogP contribution in [-0.2, 0) is 11.3 Å². The Balaban J connectivity index is 1.64. The summed E-state index contributed by atoms with van der Waals surface area (Å²) in [5.41, 5.74) is 6.49. The summed E-state index contributed by atoms with van der Waals surface area (Å²) < 4.78 is 0. The number of nitrogens with two attached hydrogens (primary N) is 1. The van der Waals surface area contributed by atoms with Gasteiger partial charge in [0.25, 0.3) is 0 Å². The van der Waals surface area contributed by atoms with Crippen molar-refractivity contribution in [2.24, 2.45) is 16.6 Å². The fourth-order valence-electron chi connectivity index (χ4n) is 3.20. The molecule has 0 radical (unpaired) electrons. The van der Waals surface area contributed by atoms with Crippen molar-refractivity contribution >= 4 is 23.2 Å². The number of amides is 1. The molecule has 1 aromatic rings. The summed E-state index contributed by atoms with van der Waals surface area (Å²) >= 11 is 1.72. The third-order valence-electron chi connectivity index (χ3n) is 4.97. The first-order valence-electron chi connectivity index (χ1n) is 9.96. The Morgan fingerprint density at radius 1 is 1.30 bits per heavy atom. The van der Waals surface area contributed by atoms with Crippen LogP contribution < -0.4 is 16.4 Å². The first-order chi connectivity index (χ1) is 13.0. The lowest BCUT2D eigenvalue weighted by atomic mass is 9.96. The molecule has 4 N–H and O–H groups in total. The molecule has 1 aromatic heterocycles. The molecule has 1 aliphatic rings. The fourth-order valence-corrected chi connectivity index (χ4v) is 4.06. The minimum absolute atomic E-state index is 0.0761. The molecule has 0 aliphatic carbocycles. The summed E-state index contributed by atoms with van der Waals surface area (Å²) in [6, 6.07) is 0. The maximum Gasteiger partial charge on any atom is 0.220 e. The summed E-state index contributed by atoms with van der Waals surface area (Å²) in [6.45, 7) is 11.6. The van der Waals surface area contributed by atoms with Crippen molar-refractivity contribution in [2.75, 3.05) is 32.7 Å². The van der Waals surface area contributed by atoms with Gasteiger partial charge < -0.3 is 21.3 Å². The normalized spacial score (nSPS) is 16.5. The van der Waals surface area contributed by atoms with Crippen molar-refractivity contribution in [3.05, 3.63) is 15.6 Å². The molecule has 0 saturated carbocycles. The van der Waals surface area contributed by atoms with E-state index in [1.807, 2.05) is 6.92 Å². The lowest BCUT2D eigenvalue weighted by Crippen LogP contribution is -2.39. The van der Waals surface area contributed by atoms with Crippen molar-refractivity contribution in [3.8, 4) is 0 Å². The van der Waals surface area contributed by atoms with Crippen LogP contribution in [0.15, 0.2) is 4.99 Å². The summed E-state index contributed by atoms with van der Waals surface area (Å²) in [7, 11) is 0. The number of likely N-dealkylation sites (tertiary alicyclic amines) is 1. The van der Waals surface area contributed by atoms with Gasteiger partial charge in [-0.15, -0.1) is 11.3 Å². The van der Waals surface area contributed by atoms with Crippen molar-refractivity contribution in [2.45, 2.75) is 53.0 Å². The lowest BCUT2D eigenvalue weighted by Gasteiger charge is -2.30. The van der Waals surface area contributed by atoms with Crippen LogP contribution in [0.25, 0.3) is 0 Å². The number of unbranched alkanes of at least 4 members (excludes halogenated alkanes) is 1. The van der Waals surface area contributed by atoms with Gasteiger partial charge in [-0.3, -0.25) is 4.79 Å². The molecule has 0 atom stereocenters. The van der Waals surface area contributed by atoms with E-state index in [9.17, 15) is 4.79 Å². The standard InChI is InChI=1S/C19H34N6OS/c1-4-21-19(23-13-17-24-14(2)15(3)27-17)22-9-5-6-10-25-11-7-16(8-12-25)18(20)26/h16H,4-13H2,1-3H3,(H2,20,26)(H2,21,22,23). The molecule has 1 saturated heterocycles. The number of hydrogen-bond acceptors (Lipinski definition) is 5. The van der Waals surface area contributed by atoms with Gasteiger partial charge in [0.05, 0.1) is 12.2 Å². The molecule has 27 heavy (non-hydrogen) atoms. The highest BCUT2D eigenvalue weighted by Gasteiger charge is 2.22. The summed E-state index contributed by atoms with van der Waals surface area (Å²) in [5, 5.41) is 7.76. The molecule has 152 valence electrons. The second-order valence-electron chi connectivity index (χ2n) is 7.10. The SMILES string of the molecule is CCNC(=NCc1nc(C)c(C)s1)NCCCCN1CCC(C(N)=O)CC1. The topological polar surface area (TPSA) is 95.6 Å². The van der Waals surface area contributed by atoms with Crippen LogP contribution >= 0.6 is 11.3 Å². The lowest BCUT2D eigenvalue weighted by molar-refractivity contribution is -0.123. The summed E-state index contributed by atoms with van der Waals surface area (Å²) in [5.74, 6) is 0.787. The Labute approximate surface area is 166 Å². The van der Waals surface area contributed by atoms with Gasteiger partial charge in [0.1, 0.15) is 5.01 Å². The molecule has 1 aliphatic heterocycles. The smallest absolute Gasteiger partial charge is 0.220 e. The van der Waals surface area contributed by atoms with E-state index >= 15 is 0 Å². The second-order valence-corrected chi connectivity index (χ2v) is 8.38. The van der Waals surface area contributed by atoms with Crippen molar-refractivity contribution in [3.63, 3.8) is 0 Å². The molecule has 0 bridgehead atoms. The van der Waals surface area contributed by atoms with Crippen LogP contribution in [0.3, 0.4) is 0 Å². The third kappa shape index (κ3) is 7.46. The van der Waals surface area contributed by atoms with Gasteiger partial charge in [-0.05, 0) is 66.1 Å². The number of primary amides is 1. The summed E-state index contributed by atoms with van der Waals surface area (Å²) in [4.78, 5) is 24.1. The van der Waals surface area contributed by atoms with E-state index in [0.717, 1.165) is 75.1 Å². The zero-order valence-electron chi connectivity index (χ0n) is 16.9. The van der Waals surface area contributed by atoms with E-state index in [4.69, 9.17) is 5.73 Å². The molecular weight excluding hydrogens is 360 g/mol. The minimum Gasteiger partial charge on any atom is -0.369 e. The highest BCUT2D eigenvalue weighted by atomic mass is 32.1. The van der Waals surface area contributed by atoms with Crippen LogP contribution in [0.5, 0.6) is 0 Å². The number of aryl methyl sites for hydroxylation is 2. The first kappa shape index (κ1) is 21.6. The molecule has 8 heteroatoms. The van der Waals surface area contributed by atoms with Gasteiger partial charge >= 0.3 is 0 Å².